The van der Waals surface area contributed by atoms with E-state index in [-0.39, 0.29) is 16.8 Å². The van der Waals surface area contributed by atoms with Gasteiger partial charge in [-0.15, -0.1) is 0 Å². The number of halogens is 1. The lowest BCUT2D eigenvalue weighted by Gasteiger charge is -2.35. The summed E-state index contributed by atoms with van der Waals surface area (Å²) in [7, 11) is -3.82. The minimum absolute atomic E-state index is 0.0366. The monoisotopic (exact) mass is 396 g/mol. The van der Waals surface area contributed by atoms with Gasteiger partial charge in [-0.1, -0.05) is 38.5 Å². The van der Waals surface area contributed by atoms with Crippen molar-refractivity contribution >= 4 is 15.9 Å². The van der Waals surface area contributed by atoms with Crippen molar-refractivity contribution in [1.82, 2.24) is 9.62 Å². The van der Waals surface area contributed by atoms with Crippen LogP contribution in [0.25, 0.3) is 0 Å². The molecule has 0 unspecified atom stereocenters. The van der Waals surface area contributed by atoms with Crippen LogP contribution in [0.1, 0.15) is 64.2 Å². The Balaban J connectivity index is 1.74. The predicted molar refractivity (Wildman–Crippen MR) is 102 cm³/mol. The van der Waals surface area contributed by atoms with Gasteiger partial charge in [0.2, 0.25) is 15.9 Å². The van der Waals surface area contributed by atoms with Crippen LogP contribution in [0.4, 0.5) is 4.39 Å². The molecule has 0 spiro atoms. The molecule has 1 aromatic carbocycles. The first-order valence-electron chi connectivity index (χ1n) is 10.1. The van der Waals surface area contributed by atoms with Crippen LogP contribution in [0.2, 0.25) is 0 Å². The van der Waals surface area contributed by atoms with Crippen LogP contribution in [0.5, 0.6) is 0 Å². The van der Waals surface area contributed by atoms with Crippen molar-refractivity contribution in [3.05, 3.63) is 30.1 Å². The number of nitrogens with one attached hydrogen (secondary N) is 1. The molecule has 1 saturated carbocycles. The zero-order valence-corrected chi connectivity index (χ0v) is 16.5. The highest BCUT2D eigenvalue weighted by atomic mass is 32.2. The number of hydrogen-bond acceptors (Lipinski definition) is 3. The Morgan fingerprint density at radius 3 is 2.19 bits per heavy atom. The van der Waals surface area contributed by atoms with Gasteiger partial charge in [-0.25, -0.2) is 12.8 Å². The molecule has 150 valence electrons. The standard InChI is InChI=1S/C20H29FN2O3S/c21-16-11-13-18(14-12-16)27(25,26)23-15-7-6-10-19(23)20(24)22-17-8-4-2-1-3-5-9-17/h11-14,17,19H,1-10,15H2,(H,22,24)/t19-/m1/s1. The second kappa shape index (κ2) is 9.15. The molecule has 1 amide bonds. The fourth-order valence-electron chi connectivity index (χ4n) is 4.09. The Hall–Kier alpha value is -1.47. The number of nitrogens with zero attached hydrogens (tertiary/aromatic N) is 1. The number of amides is 1. The van der Waals surface area contributed by atoms with E-state index in [2.05, 4.69) is 5.32 Å². The molecule has 1 N–H and O–H groups in total. The van der Waals surface area contributed by atoms with E-state index in [0.29, 0.717) is 13.0 Å². The molecule has 1 aliphatic carbocycles. The molecule has 7 heteroatoms. The topological polar surface area (TPSA) is 66.5 Å². The summed E-state index contributed by atoms with van der Waals surface area (Å²) >= 11 is 0. The van der Waals surface area contributed by atoms with Gasteiger partial charge in [0.25, 0.3) is 0 Å². The summed E-state index contributed by atoms with van der Waals surface area (Å²) in [5, 5.41) is 3.11. The maximum Gasteiger partial charge on any atom is 0.243 e. The second-order valence-corrected chi connectivity index (χ2v) is 9.52. The zero-order valence-electron chi connectivity index (χ0n) is 15.7. The van der Waals surface area contributed by atoms with Gasteiger partial charge in [0.1, 0.15) is 11.9 Å². The first kappa shape index (κ1) is 20.3. The van der Waals surface area contributed by atoms with Gasteiger partial charge in [0.05, 0.1) is 4.90 Å². The first-order valence-corrected chi connectivity index (χ1v) is 11.5. The van der Waals surface area contributed by atoms with E-state index in [0.717, 1.165) is 50.7 Å². The van der Waals surface area contributed by atoms with Crippen LogP contribution in [0.15, 0.2) is 29.2 Å². The van der Waals surface area contributed by atoms with Crippen LogP contribution in [-0.2, 0) is 14.8 Å². The minimum atomic E-state index is -3.82. The lowest BCUT2D eigenvalue weighted by molar-refractivity contribution is -0.126. The van der Waals surface area contributed by atoms with Gasteiger partial charge in [-0.3, -0.25) is 4.79 Å². The highest BCUT2D eigenvalue weighted by Gasteiger charge is 2.38. The van der Waals surface area contributed by atoms with Gasteiger partial charge in [-0.2, -0.15) is 4.31 Å². The SMILES string of the molecule is O=C(NC1CCCCCCC1)[C@H]1CCCCN1S(=O)(=O)c1ccc(F)cc1. The molecule has 1 saturated heterocycles. The molecule has 5 nitrogen and oxygen atoms in total. The smallest absolute Gasteiger partial charge is 0.243 e. The van der Waals surface area contributed by atoms with Crippen molar-refractivity contribution in [2.75, 3.05) is 6.54 Å². The molecule has 1 aliphatic heterocycles. The molecule has 3 rings (SSSR count). The normalized spacial score (nSPS) is 23.4. The van der Waals surface area contributed by atoms with Crippen LogP contribution in [0, 0.1) is 5.82 Å². The molecule has 0 radical (unpaired) electrons. The molecule has 27 heavy (non-hydrogen) atoms. The van der Waals surface area contributed by atoms with Gasteiger partial charge in [-0.05, 0) is 49.9 Å². The molecule has 2 aliphatic rings. The fraction of sp³-hybridized carbons (Fsp3) is 0.650. The largest absolute Gasteiger partial charge is 0.352 e. The third-order valence-electron chi connectivity index (χ3n) is 5.63. The lowest BCUT2D eigenvalue weighted by atomic mass is 9.96. The number of carbonyl (C=O) groups excluding carboxylic acids is 1. The van der Waals surface area contributed by atoms with Crippen molar-refractivity contribution in [2.45, 2.75) is 81.2 Å². The van der Waals surface area contributed by atoms with E-state index in [1.165, 1.54) is 35.7 Å². The van der Waals surface area contributed by atoms with Crippen molar-refractivity contribution in [1.29, 1.82) is 0 Å². The summed E-state index contributed by atoms with van der Waals surface area (Å²) < 4.78 is 40.5. The summed E-state index contributed by atoms with van der Waals surface area (Å²) in [6.07, 6.45) is 9.87. The average molecular weight is 397 g/mol. The molecular weight excluding hydrogens is 367 g/mol. The van der Waals surface area contributed by atoms with Gasteiger partial charge >= 0.3 is 0 Å². The Labute approximate surface area is 161 Å². The average Bonchev–Trinajstić information content (AvgIpc) is 2.64. The summed E-state index contributed by atoms with van der Waals surface area (Å²) in [5.41, 5.74) is 0. The van der Waals surface area contributed by atoms with E-state index in [1.54, 1.807) is 0 Å². The Morgan fingerprint density at radius 2 is 1.52 bits per heavy atom. The number of sulfonamides is 1. The molecule has 0 bridgehead atoms. The quantitative estimate of drug-likeness (QED) is 0.846. The molecule has 0 aromatic heterocycles. The molecular formula is C20H29FN2O3S. The van der Waals surface area contributed by atoms with Gasteiger partial charge in [0.15, 0.2) is 0 Å². The van der Waals surface area contributed by atoms with E-state index < -0.39 is 21.9 Å². The third kappa shape index (κ3) is 5.08. The van der Waals surface area contributed by atoms with Gasteiger partial charge in [0, 0.05) is 12.6 Å². The molecule has 1 atom stereocenters. The minimum Gasteiger partial charge on any atom is -0.352 e. The van der Waals surface area contributed by atoms with E-state index in [1.807, 2.05) is 0 Å². The third-order valence-corrected chi connectivity index (χ3v) is 7.55. The van der Waals surface area contributed by atoms with Crippen molar-refractivity contribution in [3.8, 4) is 0 Å². The molecule has 1 heterocycles. The Bertz CT molecular complexity index is 728. The highest BCUT2D eigenvalue weighted by Crippen LogP contribution is 2.26. The lowest BCUT2D eigenvalue weighted by Crippen LogP contribution is -2.53. The van der Waals surface area contributed by atoms with Crippen molar-refractivity contribution < 1.29 is 17.6 Å². The van der Waals surface area contributed by atoms with E-state index in [4.69, 9.17) is 0 Å². The second-order valence-electron chi connectivity index (χ2n) is 7.63. The van der Waals surface area contributed by atoms with Crippen LogP contribution < -0.4 is 5.32 Å². The predicted octanol–water partition coefficient (Wildman–Crippen LogP) is 3.60. The Kier molecular flexibility index (Phi) is 6.87. The number of rotatable bonds is 4. The number of benzene rings is 1. The molecule has 1 aromatic rings. The summed E-state index contributed by atoms with van der Waals surface area (Å²) in [6, 6.07) is 4.27. The fourth-order valence-corrected chi connectivity index (χ4v) is 5.75. The van der Waals surface area contributed by atoms with E-state index in [9.17, 15) is 17.6 Å². The van der Waals surface area contributed by atoms with Gasteiger partial charge < -0.3 is 5.32 Å². The van der Waals surface area contributed by atoms with Crippen molar-refractivity contribution in [2.24, 2.45) is 0 Å². The van der Waals surface area contributed by atoms with Crippen LogP contribution in [-0.4, -0.2) is 37.3 Å². The summed E-state index contributed by atoms with van der Waals surface area (Å²) in [4.78, 5) is 13.0. The number of piperidine rings is 1. The highest BCUT2D eigenvalue weighted by molar-refractivity contribution is 7.89. The maximum atomic E-state index is 13.2. The number of hydrogen-bond donors (Lipinski definition) is 1. The van der Waals surface area contributed by atoms with Crippen LogP contribution in [0.3, 0.4) is 0 Å². The van der Waals surface area contributed by atoms with Crippen LogP contribution >= 0.6 is 0 Å². The molecule has 2 fully saturated rings. The Morgan fingerprint density at radius 1 is 0.926 bits per heavy atom. The number of carbonyl (C=O) groups is 1. The van der Waals surface area contributed by atoms with Crippen molar-refractivity contribution in [3.63, 3.8) is 0 Å². The zero-order chi connectivity index (χ0) is 19.3. The first-order chi connectivity index (χ1) is 13.0. The summed E-state index contributed by atoms with van der Waals surface area (Å²) in [6.45, 7) is 0.322. The maximum absolute atomic E-state index is 13.2. The van der Waals surface area contributed by atoms with E-state index >= 15 is 0 Å². The summed E-state index contributed by atoms with van der Waals surface area (Å²) in [5.74, 6) is -0.669.